The highest BCUT2D eigenvalue weighted by Crippen LogP contribution is 2.11. The Morgan fingerprint density at radius 1 is 1.83 bits per heavy atom. The van der Waals surface area contributed by atoms with E-state index in [2.05, 4.69) is 10.3 Å². The van der Waals surface area contributed by atoms with Gasteiger partial charge in [-0.05, 0) is 34.7 Å². The van der Waals surface area contributed by atoms with Crippen molar-refractivity contribution in [2.45, 2.75) is 6.92 Å². The number of carbonyl (C=O) groups is 1. The molecule has 0 spiro atoms. The number of rotatable bonds is 1. The molecule has 0 saturated heterocycles. The van der Waals surface area contributed by atoms with Gasteiger partial charge in [0, 0.05) is 6.92 Å². The van der Waals surface area contributed by atoms with Crippen molar-refractivity contribution < 1.29 is 11.9 Å². The third kappa shape index (κ3) is 2.40. The molecule has 0 bridgehead atoms. The smallest absolute Gasteiger partial charge is 0.228 e. The number of carbonyl (C=O) groups excluding carboxylic acids is 1. The molecule has 1 rings (SSSR count). The van der Waals surface area contributed by atoms with Crippen LogP contribution in [0, 0.1) is 9.52 Å². The predicted octanol–water partition coefficient (Wildman–Crippen LogP) is 1.78. The van der Waals surface area contributed by atoms with E-state index in [1.54, 1.807) is 22.6 Å². The topological polar surface area (TPSA) is 42.0 Å². The van der Waals surface area contributed by atoms with Gasteiger partial charge in [0.15, 0.2) is 0 Å². The molecule has 1 N–H and O–H groups in total. The van der Waals surface area contributed by atoms with Gasteiger partial charge in [0.1, 0.15) is 5.82 Å². The molecule has 1 heterocycles. The molecule has 5 heteroatoms. The Bertz CT molecular complexity index is 400. The Balaban J connectivity index is 3.25. The lowest BCUT2D eigenvalue weighted by Crippen LogP contribution is -2.08. The molecule has 0 aliphatic heterocycles. The first-order chi connectivity index (χ1) is 6.43. The molecule has 3 nitrogen and oxygen atoms in total. The van der Waals surface area contributed by atoms with Crippen LogP contribution in [-0.2, 0) is 4.79 Å². The van der Waals surface area contributed by atoms with Crippen molar-refractivity contribution in [2.75, 3.05) is 5.32 Å². The van der Waals surface area contributed by atoms with Gasteiger partial charge in [-0.2, -0.15) is 4.39 Å². The molecular weight excluding hydrogens is 274 g/mol. The van der Waals surface area contributed by atoms with Crippen LogP contribution in [-0.4, -0.2) is 10.9 Å². The number of hydrogen-bond acceptors (Lipinski definition) is 2. The Kier molecular flexibility index (Phi) is 2.14. The van der Waals surface area contributed by atoms with Gasteiger partial charge in [-0.3, -0.25) is 4.79 Å². The van der Waals surface area contributed by atoms with Crippen LogP contribution in [0.5, 0.6) is 0 Å². The molecule has 1 amide bonds. The first-order valence-electron chi connectivity index (χ1n) is 4.03. The second-order valence-corrected chi connectivity index (χ2v) is 3.08. The zero-order valence-electron chi connectivity index (χ0n) is 8.11. The van der Waals surface area contributed by atoms with E-state index < -0.39 is 11.9 Å². The first kappa shape index (κ1) is 6.76. The van der Waals surface area contributed by atoms with E-state index in [9.17, 15) is 9.18 Å². The van der Waals surface area contributed by atoms with E-state index in [0.717, 1.165) is 0 Å². The van der Waals surface area contributed by atoms with Crippen LogP contribution in [0.25, 0.3) is 0 Å². The zero-order chi connectivity index (χ0) is 10.9. The van der Waals surface area contributed by atoms with E-state index >= 15 is 0 Å². The van der Waals surface area contributed by atoms with E-state index in [1.165, 1.54) is 6.92 Å². The summed E-state index contributed by atoms with van der Waals surface area (Å²) in [5.74, 6) is -1.53. The van der Waals surface area contributed by atoms with Gasteiger partial charge in [-0.15, -0.1) is 0 Å². The van der Waals surface area contributed by atoms with Crippen molar-refractivity contribution in [3.8, 4) is 0 Å². The van der Waals surface area contributed by atoms with Gasteiger partial charge < -0.3 is 5.32 Å². The Morgan fingerprint density at radius 2 is 2.50 bits per heavy atom. The van der Waals surface area contributed by atoms with Crippen molar-refractivity contribution in [1.29, 1.82) is 0 Å². The average molecular weight is 282 g/mol. The monoisotopic (exact) mass is 282 g/mol. The highest BCUT2D eigenvalue weighted by molar-refractivity contribution is 14.1. The van der Waals surface area contributed by atoms with Crippen molar-refractivity contribution in [3.05, 3.63) is 21.6 Å². The molecule has 0 radical (unpaired) electrons. The van der Waals surface area contributed by atoms with Gasteiger partial charge in [0.2, 0.25) is 11.9 Å². The number of anilines is 1. The fraction of sp³-hybridized carbons (Fsp3) is 0.143. The Labute approximate surface area is 85.3 Å². The number of nitrogens with zero attached hydrogens (tertiary/aromatic N) is 1. The molecule has 64 valence electrons. The second kappa shape index (κ2) is 3.79. The van der Waals surface area contributed by atoms with Crippen LogP contribution in [0.15, 0.2) is 12.1 Å². The normalized spacial score (nSPS) is 11.9. The second-order valence-electron chi connectivity index (χ2n) is 2.00. The fourth-order valence-corrected chi connectivity index (χ4v) is 0.822. The van der Waals surface area contributed by atoms with E-state index in [-0.39, 0.29) is 21.5 Å². The molecule has 0 saturated carbocycles. The van der Waals surface area contributed by atoms with E-state index in [4.69, 9.17) is 2.74 Å². The molecule has 0 aliphatic carbocycles. The lowest BCUT2D eigenvalue weighted by molar-refractivity contribution is -0.114. The number of halogens is 2. The highest BCUT2D eigenvalue weighted by atomic mass is 127. The summed E-state index contributed by atoms with van der Waals surface area (Å²) in [6, 6.07) is -0.562. The summed E-state index contributed by atoms with van der Waals surface area (Å²) in [4.78, 5) is 14.0. The molecule has 12 heavy (non-hydrogen) atoms. The van der Waals surface area contributed by atoms with Crippen molar-refractivity contribution in [3.63, 3.8) is 0 Å². The predicted molar refractivity (Wildman–Crippen MR) is 51.2 cm³/mol. The van der Waals surface area contributed by atoms with Gasteiger partial charge in [0.05, 0.1) is 6.31 Å². The lowest BCUT2D eigenvalue weighted by atomic mass is 10.4. The van der Waals surface area contributed by atoms with Gasteiger partial charge in [-0.1, -0.05) is 0 Å². The maximum atomic E-state index is 13.0. The van der Waals surface area contributed by atoms with Crippen LogP contribution in [0.2, 0.25) is 0 Å². The maximum absolute atomic E-state index is 13.0. The van der Waals surface area contributed by atoms with Crippen LogP contribution < -0.4 is 5.32 Å². The minimum Gasteiger partial charge on any atom is -0.311 e. The quantitative estimate of drug-likeness (QED) is 0.630. The number of aromatic nitrogens is 1. The van der Waals surface area contributed by atoms with Crippen LogP contribution in [0.1, 0.15) is 9.67 Å². The van der Waals surface area contributed by atoms with E-state index in [0.29, 0.717) is 0 Å². The molecular formula is C7H6FIN2O. The standard InChI is InChI=1S/C7H6FIN2O/c1-4(12)10-6-3-2-5(9)7(8)11-6/h2-3H,1H3,(H,10,11,12)/i2D,3D. The zero-order valence-corrected chi connectivity index (χ0v) is 8.27. The lowest BCUT2D eigenvalue weighted by Gasteiger charge is -2.00. The molecule has 0 atom stereocenters. The number of nitrogens with one attached hydrogen (secondary N) is 1. The number of pyridine rings is 1. The summed E-state index contributed by atoms with van der Waals surface area (Å²) in [5, 5.41) is 2.18. The summed E-state index contributed by atoms with van der Waals surface area (Å²) in [5.41, 5.74) is 0. The van der Waals surface area contributed by atoms with Gasteiger partial charge in [0.25, 0.3) is 0 Å². The highest BCUT2D eigenvalue weighted by Gasteiger charge is 2.02. The minimum absolute atomic E-state index is 0.0262. The Hall–Kier alpha value is -0.720. The molecule has 1 aromatic rings. The minimum atomic E-state index is -0.852. The summed E-state index contributed by atoms with van der Waals surface area (Å²) in [7, 11) is 0. The largest absolute Gasteiger partial charge is 0.311 e. The summed E-state index contributed by atoms with van der Waals surface area (Å²) >= 11 is 1.59. The number of amides is 1. The SMILES string of the molecule is [2H]c1c(NC(C)=O)nc(F)c(I)c1[2H]. The summed E-state index contributed by atoms with van der Waals surface area (Å²) in [6.45, 7) is 1.22. The molecule has 0 aliphatic rings. The molecule has 1 aromatic heterocycles. The summed E-state index contributed by atoms with van der Waals surface area (Å²) in [6.07, 6.45) is 0. The molecule has 0 aromatic carbocycles. The van der Waals surface area contributed by atoms with E-state index in [1.807, 2.05) is 0 Å². The third-order valence-corrected chi connectivity index (χ3v) is 1.69. The maximum Gasteiger partial charge on any atom is 0.228 e. The first-order valence-corrected chi connectivity index (χ1v) is 4.11. The number of hydrogen-bond donors (Lipinski definition) is 1. The molecule has 0 unspecified atom stereocenters. The summed E-state index contributed by atoms with van der Waals surface area (Å²) < 4.78 is 27.7. The fourth-order valence-electron chi connectivity index (χ4n) is 0.567. The van der Waals surface area contributed by atoms with Crippen LogP contribution >= 0.6 is 22.6 Å². The van der Waals surface area contributed by atoms with Gasteiger partial charge >= 0.3 is 0 Å². The van der Waals surface area contributed by atoms with Crippen molar-refractivity contribution in [1.82, 2.24) is 4.98 Å². The van der Waals surface area contributed by atoms with Gasteiger partial charge in [-0.25, -0.2) is 4.98 Å². The van der Waals surface area contributed by atoms with Crippen molar-refractivity contribution in [2.24, 2.45) is 0 Å². The van der Waals surface area contributed by atoms with Crippen LogP contribution in [0.4, 0.5) is 10.2 Å². The third-order valence-electron chi connectivity index (χ3n) is 0.976. The van der Waals surface area contributed by atoms with Crippen LogP contribution in [0.3, 0.4) is 0 Å². The molecule has 0 fully saturated rings. The Morgan fingerprint density at radius 3 is 3.08 bits per heavy atom. The van der Waals surface area contributed by atoms with Crippen molar-refractivity contribution >= 4 is 34.3 Å². The average Bonchev–Trinajstić information content (AvgIpc) is 2.10.